The second-order valence-electron chi connectivity index (χ2n) is 4.54. The summed E-state index contributed by atoms with van der Waals surface area (Å²) in [5.74, 6) is 0.678. The zero-order chi connectivity index (χ0) is 13.8. The monoisotopic (exact) mass is 261 g/mol. The van der Waals surface area contributed by atoms with Crippen molar-refractivity contribution in [3.05, 3.63) is 41.5 Å². The van der Waals surface area contributed by atoms with Gasteiger partial charge in [-0.2, -0.15) is 5.10 Å². The van der Waals surface area contributed by atoms with Crippen molar-refractivity contribution in [2.24, 2.45) is 7.05 Å². The van der Waals surface area contributed by atoms with Crippen LogP contribution in [-0.2, 0) is 7.05 Å². The molecule has 2 aromatic heterocycles. The van der Waals surface area contributed by atoms with Crippen molar-refractivity contribution < 1.29 is 9.84 Å². The zero-order valence-corrected chi connectivity index (χ0v) is 11.5. The summed E-state index contributed by atoms with van der Waals surface area (Å²) in [6.45, 7) is 4.59. The molecule has 1 unspecified atom stereocenters. The van der Waals surface area contributed by atoms with Crippen molar-refractivity contribution in [2.75, 3.05) is 6.61 Å². The smallest absolute Gasteiger partial charge is 0.137 e. The second kappa shape index (κ2) is 5.84. The Kier molecular flexibility index (Phi) is 4.16. The highest BCUT2D eigenvalue weighted by Crippen LogP contribution is 2.24. The van der Waals surface area contributed by atoms with Crippen molar-refractivity contribution in [1.82, 2.24) is 14.8 Å². The topological polar surface area (TPSA) is 60.2 Å². The van der Waals surface area contributed by atoms with Crippen LogP contribution in [0.4, 0.5) is 0 Å². The van der Waals surface area contributed by atoms with Gasteiger partial charge in [-0.1, -0.05) is 6.92 Å². The van der Waals surface area contributed by atoms with Crippen LogP contribution in [0.5, 0.6) is 5.75 Å². The lowest BCUT2D eigenvalue weighted by atomic mass is 10.1. The molecular weight excluding hydrogens is 242 g/mol. The Hall–Kier alpha value is -1.88. The van der Waals surface area contributed by atoms with E-state index < -0.39 is 6.10 Å². The van der Waals surface area contributed by atoms with Gasteiger partial charge in [-0.15, -0.1) is 0 Å². The number of hydrogen-bond acceptors (Lipinski definition) is 4. The third-order valence-electron chi connectivity index (χ3n) is 2.84. The van der Waals surface area contributed by atoms with Crippen LogP contribution in [0.2, 0.25) is 0 Å². The van der Waals surface area contributed by atoms with Crippen molar-refractivity contribution in [1.29, 1.82) is 0 Å². The van der Waals surface area contributed by atoms with Crippen LogP contribution in [0.1, 0.15) is 36.4 Å². The molecule has 5 nitrogen and oxygen atoms in total. The molecule has 0 amide bonds. The Bertz CT molecular complexity index is 551. The molecule has 0 aliphatic carbocycles. The molecule has 5 heteroatoms. The molecule has 1 N–H and O–H groups in total. The second-order valence-corrected chi connectivity index (χ2v) is 4.54. The maximum Gasteiger partial charge on any atom is 0.137 e. The minimum atomic E-state index is -0.746. The third-order valence-corrected chi connectivity index (χ3v) is 2.84. The summed E-state index contributed by atoms with van der Waals surface area (Å²) in [6, 6.07) is 3.68. The fourth-order valence-electron chi connectivity index (χ4n) is 1.94. The van der Waals surface area contributed by atoms with E-state index in [0.717, 1.165) is 17.8 Å². The molecule has 2 heterocycles. The Labute approximate surface area is 112 Å². The molecule has 0 saturated heterocycles. The maximum atomic E-state index is 10.4. The van der Waals surface area contributed by atoms with E-state index in [-0.39, 0.29) is 0 Å². The van der Waals surface area contributed by atoms with E-state index >= 15 is 0 Å². The average Bonchev–Trinajstić information content (AvgIpc) is 2.75. The lowest BCUT2D eigenvalue weighted by Crippen LogP contribution is -2.07. The Morgan fingerprint density at radius 1 is 1.37 bits per heavy atom. The molecule has 0 aromatic carbocycles. The summed E-state index contributed by atoms with van der Waals surface area (Å²) in [4.78, 5) is 4.11. The van der Waals surface area contributed by atoms with Crippen LogP contribution in [0, 0.1) is 6.92 Å². The Morgan fingerprint density at radius 2 is 2.16 bits per heavy atom. The summed E-state index contributed by atoms with van der Waals surface area (Å²) >= 11 is 0. The summed E-state index contributed by atoms with van der Waals surface area (Å²) < 4.78 is 7.20. The van der Waals surface area contributed by atoms with E-state index in [0.29, 0.717) is 17.9 Å². The lowest BCUT2D eigenvalue weighted by molar-refractivity contribution is 0.208. The van der Waals surface area contributed by atoms with Crippen molar-refractivity contribution >= 4 is 0 Å². The molecule has 0 radical (unpaired) electrons. The first-order valence-electron chi connectivity index (χ1n) is 6.38. The van der Waals surface area contributed by atoms with Gasteiger partial charge in [0.1, 0.15) is 11.9 Å². The fourth-order valence-corrected chi connectivity index (χ4v) is 1.94. The van der Waals surface area contributed by atoms with Crippen molar-refractivity contribution in [3.8, 4) is 5.75 Å². The van der Waals surface area contributed by atoms with Crippen LogP contribution < -0.4 is 4.74 Å². The van der Waals surface area contributed by atoms with Crippen LogP contribution in [0.25, 0.3) is 0 Å². The quantitative estimate of drug-likeness (QED) is 0.894. The van der Waals surface area contributed by atoms with E-state index in [1.807, 2.05) is 33.0 Å². The molecule has 0 fully saturated rings. The molecule has 0 aliphatic heterocycles. The summed E-state index contributed by atoms with van der Waals surface area (Å²) in [5, 5.41) is 14.6. The highest BCUT2D eigenvalue weighted by Gasteiger charge is 2.16. The zero-order valence-electron chi connectivity index (χ0n) is 11.5. The van der Waals surface area contributed by atoms with Crippen LogP contribution in [0.3, 0.4) is 0 Å². The van der Waals surface area contributed by atoms with Gasteiger partial charge in [0, 0.05) is 18.8 Å². The minimum absolute atomic E-state index is 0.645. The fraction of sp³-hybridized carbons (Fsp3) is 0.429. The van der Waals surface area contributed by atoms with E-state index in [1.165, 1.54) is 0 Å². The van der Waals surface area contributed by atoms with Crippen LogP contribution >= 0.6 is 0 Å². The number of aliphatic hydroxyl groups excluding tert-OH is 1. The largest absolute Gasteiger partial charge is 0.492 e. The van der Waals surface area contributed by atoms with Gasteiger partial charge in [-0.3, -0.25) is 9.67 Å². The highest BCUT2D eigenvalue weighted by molar-refractivity contribution is 5.30. The number of hydrogen-bond donors (Lipinski definition) is 1. The molecule has 0 bridgehead atoms. The lowest BCUT2D eigenvalue weighted by Gasteiger charge is -2.12. The van der Waals surface area contributed by atoms with Crippen molar-refractivity contribution in [2.45, 2.75) is 26.4 Å². The van der Waals surface area contributed by atoms with Gasteiger partial charge in [-0.05, 0) is 25.5 Å². The van der Waals surface area contributed by atoms with Gasteiger partial charge in [-0.25, -0.2) is 0 Å². The normalized spacial score (nSPS) is 12.4. The van der Waals surface area contributed by atoms with Gasteiger partial charge in [0.25, 0.3) is 0 Å². The highest BCUT2D eigenvalue weighted by atomic mass is 16.5. The minimum Gasteiger partial charge on any atom is -0.492 e. The van der Waals surface area contributed by atoms with Crippen LogP contribution in [-0.4, -0.2) is 26.5 Å². The number of pyridine rings is 1. The number of aromatic nitrogens is 3. The molecule has 0 aliphatic rings. The van der Waals surface area contributed by atoms with Gasteiger partial charge in [0.05, 0.1) is 24.2 Å². The Morgan fingerprint density at radius 3 is 2.79 bits per heavy atom. The average molecular weight is 261 g/mol. The molecule has 0 saturated carbocycles. The molecule has 2 aromatic rings. The summed E-state index contributed by atoms with van der Waals surface area (Å²) in [6.07, 6.45) is 3.49. The summed E-state index contributed by atoms with van der Waals surface area (Å²) in [7, 11) is 1.82. The van der Waals surface area contributed by atoms with E-state index in [2.05, 4.69) is 10.1 Å². The number of aryl methyl sites for hydroxylation is 2. The van der Waals surface area contributed by atoms with E-state index in [1.54, 1.807) is 17.1 Å². The van der Waals surface area contributed by atoms with Crippen LogP contribution in [0.15, 0.2) is 24.5 Å². The SMILES string of the molecule is CCCOc1cncc(C(O)c2cc(C)nn2C)c1. The van der Waals surface area contributed by atoms with Crippen molar-refractivity contribution in [3.63, 3.8) is 0 Å². The van der Waals surface area contributed by atoms with Gasteiger partial charge in [0.2, 0.25) is 0 Å². The molecule has 1 atom stereocenters. The third kappa shape index (κ3) is 3.12. The summed E-state index contributed by atoms with van der Waals surface area (Å²) in [5.41, 5.74) is 2.33. The predicted molar refractivity (Wildman–Crippen MR) is 72.0 cm³/mol. The predicted octanol–water partition coefficient (Wildman–Crippen LogP) is 1.99. The Balaban J connectivity index is 2.23. The van der Waals surface area contributed by atoms with Gasteiger partial charge < -0.3 is 9.84 Å². The van der Waals surface area contributed by atoms with Gasteiger partial charge in [0.15, 0.2) is 0 Å². The van der Waals surface area contributed by atoms with E-state index in [4.69, 9.17) is 4.74 Å². The number of aliphatic hydroxyl groups is 1. The molecule has 102 valence electrons. The molecular formula is C14H19N3O2. The first kappa shape index (κ1) is 13.5. The standard InChI is InChI=1S/C14H19N3O2/c1-4-5-19-12-7-11(8-15-9-12)14(18)13-6-10(2)16-17(13)3/h6-9,14,18H,4-5H2,1-3H3. The first-order valence-corrected chi connectivity index (χ1v) is 6.38. The number of rotatable bonds is 5. The number of ether oxygens (including phenoxy) is 1. The maximum absolute atomic E-state index is 10.4. The molecule has 19 heavy (non-hydrogen) atoms. The molecule has 0 spiro atoms. The first-order chi connectivity index (χ1) is 9.11. The molecule has 2 rings (SSSR count). The van der Waals surface area contributed by atoms with Gasteiger partial charge >= 0.3 is 0 Å². The number of nitrogens with zero attached hydrogens (tertiary/aromatic N) is 3. The van der Waals surface area contributed by atoms with E-state index in [9.17, 15) is 5.11 Å².